The summed E-state index contributed by atoms with van der Waals surface area (Å²) in [6, 6.07) is 2.31. The summed E-state index contributed by atoms with van der Waals surface area (Å²) in [5.74, 6) is 0.220. The number of nitrogens with zero attached hydrogens (tertiary/aromatic N) is 2. The third-order valence-electron chi connectivity index (χ3n) is 2.52. The van der Waals surface area contributed by atoms with Crippen molar-refractivity contribution in [1.82, 2.24) is 9.78 Å². The Morgan fingerprint density at radius 3 is 2.67 bits per heavy atom. The molecule has 0 spiro atoms. The molecule has 0 aliphatic heterocycles. The maximum Gasteiger partial charge on any atom is 0.0926 e. The molecule has 3 N–H and O–H groups in total. The summed E-state index contributed by atoms with van der Waals surface area (Å²) in [6.07, 6.45) is 2.49. The molecule has 0 aliphatic rings. The van der Waals surface area contributed by atoms with Crippen molar-refractivity contribution in [3.63, 3.8) is 0 Å². The highest BCUT2D eigenvalue weighted by Crippen LogP contribution is 2.15. The van der Waals surface area contributed by atoms with Gasteiger partial charge in [0.25, 0.3) is 0 Å². The number of nitrogens with one attached hydrogen (secondary N) is 1. The number of hydrogen-bond acceptors (Lipinski definition) is 2. The van der Waals surface area contributed by atoms with Gasteiger partial charge in [-0.1, -0.05) is 13.8 Å². The molecule has 1 heterocycles. The van der Waals surface area contributed by atoms with Gasteiger partial charge < -0.3 is 5.73 Å². The summed E-state index contributed by atoms with van der Waals surface area (Å²) < 4.78 is 2.00. The number of hydrogen-bond donors (Lipinski definition) is 2. The van der Waals surface area contributed by atoms with Crippen LogP contribution in [0.25, 0.3) is 0 Å². The molecule has 0 saturated heterocycles. The highest BCUT2D eigenvalue weighted by molar-refractivity contribution is 5.77. The van der Waals surface area contributed by atoms with Crippen LogP contribution in [0.1, 0.15) is 44.6 Å². The molecule has 0 aromatic carbocycles. The smallest absolute Gasteiger partial charge is 0.0926 e. The summed E-state index contributed by atoms with van der Waals surface area (Å²) in [4.78, 5) is 0. The van der Waals surface area contributed by atoms with Crippen LogP contribution < -0.4 is 5.73 Å². The first kappa shape index (κ1) is 11.8. The van der Waals surface area contributed by atoms with Gasteiger partial charge in [0, 0.05) is 12.1 Å². The lowest BCUT2D eigenvalue weighted by atomic mass is 10.2. The van der Waals surface area contributed by atoms with Crippen LogP contribution in [-0.2, 0) is 12.8 Å². The summed E-state index contributed by atoms with van der Waals surface area (Å²) in [6.45, 7) is 6.27. The average molecular weight is 208 g/mol. The lowest BCUT2D eigenvalue weighted by molar-refractivity contribution is 0.482. The minimum atomic E-state index is 0.178. The normalized spacial score (nSPS) is 12.7. The molecule has 15 heavy (non-hydrogen) atoms. The lowest BCUT2D eigenvalue weighted by Crippen LogP contribution is -2.19. The van der Waals surface area contributed by atoms with Gasteiger partial charge in [-0.3, -0.25) is 10.1 Å². The van der Waals surface area contributed by atoms with E-state index in [0.717, 1.165) is 18.5 Å². The highest BCUT2D eigenvalue weighted by atomic mass is 15.3. The topological polar surface area (TPSA) is 67.7 Å². The number of nitrogens with two attached hydrogens (primary N) is 1. The van der Waals surface area contributed by atoms with E-state index < -0.39 is 0 Å². The van der Waals surface area contributed by atoms with E-state index in [-0.39, 0.29) is 11.9 Å². The molecule has 0 aliphatic carbocycles. The second-order valence-electron chi connectivity index (χ2n) is 3.86. The van der Waals surface area contributed by atoms with Crippen molar-refractivity contribution in [2.45, 2.75) is 46.1 Å². The third kappa shape index (κ3) is 2.81. The van der Waals surface area contributed by atoms with Crippen LogP contribution in [0.3, 0.4) is 0 Å². The molecule has 0 fully saturated rings. The second-order valence-corrected chi connectivity index (χ2v) is 3.86. The van der Waals surface area contributed by atoms with Gasteiger partial charge >= 0.3 is 0 Å². The minimum Gasteiger partial charge on any atom is -0.388 e. The number of rotatable bonds is 5. The first-order chi connectivity index (χ1) is 7.08. The van der Waals surface area contributed by atoms with E-state index in [0.29, 0.717) is 6.42 Å². The minimum absolute atomic E-state index is 0.178. The Kier molecular flexibility index (Phi) is 3.88. The maximum absolute atomic E-state index is 7.29. The van der Waals surface area contributed by atoms with Gasteiger partial charge in [-0.05, 0) is 25.8 Å². The van der Waals surface area contributed by atoms with Gasteiger partial charge in [0.1, 0.15) is 0 Å². The number of aryl methyl sites for hydroxylation is 2. The van der Waals surface area contributed by atoms with Gasteiger partial charge in [-0.25, -0.2) is 0 Å². The van der Waals surface area contributed by atoms with E-state index in [4.69, 9.17) is 11.1 Å². The van der Waals surface area contributed by atoms with Crippen LogP contribution in [0.5, 0.6) is 0 Å². The van der Waals surface area contributed by atoms with Crippen molar-refractivity contribution in [2.24, 2.45) is 5.73 Å². The number of aromatic nitrogens is 2. The van der Waals surface area contributed by atoms with Crippen molar-refractivity contribution in [3.8, 4) is 0 Å². The SMILES string of the molecule is CCc1cc(CC)n(C(C)CC(=N)N)n1. The van der Waals surface area contributed by atoms with E-state index >= 15 is 0 Å². The van der Waals surface area contributed by atoms with Crippen LogP contribution in [0.2, 0.25) is 0 Å². The summed E-state index contributed by atoms with van der Waals surface area (Å²) in [5, 5.41) is 11.8. The first-order valence-corrected chi connectivity index (χ1v) is 5.48. The van der Waals surface area contributed by atoms with E-state index in [2.05, 4.69) is 25.0 Å². The van der Waals surface area contributed by atoms with Gasteiger partial charge in [0.05, 0.1) is 17.6 Å². The lowest BCUT2D eigenvalue weighted by Gasteiger charge is -2.14. The molecule has 1 atom stereocenters. The van der Waals surface area contributed by atoms with Crippen LogP contribution in [-0.4, -0.2) is 15.6 Å². The zero-order valence-electron chi connectivity index (χ0n) is 9.75. The van der Waals surface area contributed by atoms with Gasteiger partial charge in [0.2, 0.25) is 0 Å². The van der Waals surface area contributed by atoms with E-state index in [1.54, 1.807) is 0 Å². The fraction of sp³-hybridized carbons (Fsp3) is 0.636. The Labute approximate surface area is 91.0 Å². The van der Waals surface area contributed by atoms with Crippen LogP contribution in [0, 0.1) is 5.41 Å². The molecule has 4 nitrogen and oxygen atoms in total. The highest BCUT2D eigenvalue weighted by Gasteiger charge is 2.12. The Balaban J connectivity index is 2.90. The van der Waals surface area contributed by atoms with Crippen LogP contribution >= 0.6 is 0 Å². The van der Waals surface area contributed by atoms with Crippen molar-refractivity contribution in [3.05, 3.63) is 17.5 Å². The molecule has 0 saturated carbocycles. The zero-order valence-corrected chi connectivity index (χ0v) is 9.75. The molecule has 1 unspecified atom stereocenters. The van der Waals surface area contributed by atoms with Crippen molar-refractivity contribution in [1.29, 1.82) is 5.41 Å². The molecule has 0 bridgehead atoms. The van der Waals surface area contributed by atoms with Crippen LogP contribution in [0.4, 0.5) is 0 Å². The predicted octanol–water partition coefficient (Wildman–Crippen LogP) is 1.89. The monoisotopic (exact) mass is 208 g/mol. The molecule has 0 amide bonds. The Hall–Kier alpha value is -1.32. The molecular formula is C11H20N4. The standard InChI is InChI=1S/C11H20N4/c1-4-9-7-10(5-2)15(14-9)8(3)6-11(12)13/h7-8H,4-6H2,1-3H3,(H3,12,13). The van der Waals surface area contributed by atoms with E-state index in [1.165, 1.54) is 5.69 Å². The van der Waals surface area contributed by atoms with E-state index in [1.807, 2.05) is 11.6 Å². The van der Waals surface area contributed by atoms with E-state index in [9.17, 15) is 0 Å². The molecule has 1 aromatic heterocycles. The quantitative estimate of drug-likeness (QED) is 0.573. The molecule has 4 heteroatoms. The van der Waals surface area contributed by atoms with Gasteiger partial charge in [-0.15, -0.1) is 0 Å². The number of amidine groups is 1. The largest absolute Gasteiger partial charge is 0.388 e. The summed E-state index contributed by atoms with van der Waals surface area (Å²) in [5.41, 5.74) is 7.74. The molecule has 84 valence electrons. The van der Waals surface area contributed by atoms with Gasteiger partial charge in [0.15, 0.2) is 0 Å². The Morgan fingerprint density at radius 2 is 2.20 bits per heavy atom. The maximum atomic E-state index is 7.29. The summed E-state index contributed by atoms with van der Waals surface area (Å²) >= 11 is 0. The zero-order chi connectivity index (χ0) is 11.4. The first-order valence-electron chi connectivity index (χ1n) is 5.48. The Morgan fingerprint density at radius 1 is 1.53 bits per heavy atom. The van der Waals surface area contributed by atoms with Gasteiger partial charge in [-0.2, -0.15) is 5.10 Å². The predicted molar refractivity (Wildman–Crippen MR) is 62.2 cm³/mol. The fourth-order valence-corrected chi connectivity index (χ4v) is 1.71. The third-order valence-corrected chi connectivity index (χ3v) is 2.52. The molecule has 1 rings (SSSR count). The molecule has 0 radical (unpaired) electrons. The molecular weight excluding hydrogens is 188 g/mol. The van der Waals surface area contributed by atoms with Crippen molar-refractivity contribution >= 4 is 5.84 Å². The Bertz CT molecular complexity index is 340. The second kappa shape index (κ2) is 4.96. The average Bonchev–Trinajstić information content (AvgIpc) is 2.59. The van der Waals surface area contributed by atoms with Crippen molar-refractivity contribution < 1.29 is 0 Å². The fourth-order valence-electron chi connectivity index (χ4n) is 1.71. The van der Waals surface area contributed by atoms with Crippen LogP contribution in [0.15, 0.2) is 6.07 Å². The summed E-state index contributed by atoms with van der Waals surface area (Å²) in [7, 11) is 0. The van der Waals surface area contributed by atoms with Crippen molar-refractivity contribution in [2.75, 3.05) is 0 Å². The molecule has 1 aromatic rings.